The zero-order valence-electron chi connectivity index (χ0n) is 10.5. The van der Waals surface area contributed by atoms with E-state index in [9.17, 15) is 9.59 Å². The molecule has 0 aromatic rings. The lowest BCUT2D eigenvalue weighted by Crippen LogP contribution is -2.49. The Labute approximate surface area is 101 Å². The van der Waals surface area contributed by atoms with Crippen LogP contribution in [0.1, 0.15) is 33.6 Å². The van der Waals surface area contributed by atoms with Crippen LogP contribution in [-0.4, -0.2) is 39.8 Å². The van der Waals surface area contributed by atoms with Crippen molar-refractivity contribution >= 4 is 12.1 Å². The normalized spacial score (nSPS) is 17.1. The maximum atomic E-state index is 11.9. The number of aliphatic carboxylic acids is 1. The van der Waals surface area contributed by atoms with Crippen LogP contribution < -0.4 is 0 Å². The average Bonchev–Trinajstić information content (AvgIpc) is 2.91. The predicted molar refractivity (Wildman–Crippen MR) is 62.7 cm³/mol. The van der Waals surface area contributed by atoms with Crippen LogP contribution in [0.25, 0.3) is 0 Å². The maximum Gasteiger partial charge on any atom is 0.411 e. The molecule has 1 aliphatic rings. The van der Waals surface area contributed by atoms with Crippen LogP contribution >= 0.6 is 0 Å². The van der Waals surface area contributed by atoms with E-state index in [4.69, 9.17) is 9.84 Å². The highest BCUT2D eigenvalue weighted by atomic mass is 16.6. The summed E-state index contributed by atoms with van der Waals surface area (Å²) in [6.45, 7) is 8.96. The molecule has 1 N–H and O–H groups in total. The fourth-order valence-corrected chi connectivity index (χ4v) is 1.59. The van der Waals surface area contributed by atoms with E-state index in [-0.39, 0.29) is 6.54 Å². The van der Waals surface area contributed by atoms with E-state index < -0.39 is 23.2 Å². The van der Waals surface area contributed by atoms with Gasteiger partial charge in [-0.25, -0.2) is 9.59 Å². The number of rotatable bonds is 4. The molecule has 0 unspecified atom stereocenters. The van der Waals surface area contributed by atoms with Crippen molar-refractivity contribution in [1.29, 1.82) is 0 Å². The highest BCUT2D eigenvalue weighted by Crippen LogP contribution is 2.42. The maximum absolute atomic E-state index is 11.9. The molecule has 0 atom stereocenters. The summed E-state index contributed by atoms with van der Waals surface area (Å²) in [7, 11) is 0. The summed E-state index contributed by atoms with van der Waals surface area (Å²) in [6.07, 6.45) is 1.84. The van der Waals surface area contributed by atoms with Crippen LogP contribution in [-0.2, 0) is 9.53 Å². The Balaban J connectivity index is 2.83. The third-order valence-corrected chi connectivity index (χ3v) is 2.56. The summed E-state index contributed by atoms with van der Waals surface area (Å²) in [6, 6.07) is 0. The van der Waals surface area contributed by atoms with Crippen molar-refractivity contribution in [3.05, 3.63) is 12.7 Å². The molecule has 0 bridgehead atoms. The predicted octanol–water partition coefficient (Wildman–Crippen LogP) is 2.03. The lowest BCUT2D eigenvalue weighted by atomic mass is 10.2. The molecule has 0 aromatic carbocycles. The zero-order chi connectivity index (χ0) is 13.3. The van der Waals surface area contributed by atoms with Crippen LogP contribution in [0.3, 0.4) is 0 Å². The van der Waals surface area contributed by atoms with Gasteiger partial charge in [-0.3, -0.25) is 4.90 Å². The van der Waals surface area contributed by atoms with Crippen LogP contribution in [0.5, 0.6) is 0 Å². The molecule has 0 aromatic heterocycles. The van der Waals surface area contributed by atoms with Gasteiger partial charge in [0, 0.05) is 6.54 Å². The molecule has 5 nitrogen and oxygen atoms in total. The SMILES string of the molecule is C=CCN(C(=O)OC(C)(C)C)C1(C(=O)O)CC1. The van der Waals surface area contributed by atoms with Crippen LogP contribution in [0.15, 0.2) is 12.7 Å². The Morgan fingerprint density at radius 3 is 2.29 bits per heavy atom. The third kappa shape index (κ3) is 2.99. The summed E-state index contributed by atoms with van der Waals surface area (Å²) < 4.78 is 5.20. The molecule has 1 saturated carbocycles. The average molecular weight is 241 g/mol. The molecule has 1 amide bonds. The quantitative estimate of drug-likeness (QED) is 0.765. The van der Waals surface area contributed by atoms with Gasteiger partial charge in [0.2, 0.25) is 0 Å². The second kappa shape index (κ2) is 4.39. The Kier molecular flexibility index (Phi) is 3.50. The topological polar surface area (TPSA) is 66.8 Å². The molecule has 0 saturated heterocycles. The summed E-state index contributed by atoms with van der Waals surface area (Å²) in [5, 5.41) is 9.16. The minimum Gasteiger partial charge on any atom is -0.479 e. The standard InChI is InChI=1S/C12H19NO4/c1-5-8-13(10(16)17-11(2,3)4)12(6-7-12)9(14)15/h5H,1,6-8H2,2-4H3,(H,14,15). The van der Waals surface area contributed by atoms with Gasteiger partial charge in [-0.2, -0.15) is 0 Å². The van der Waals surface area contributed by atoms with Gasteiger partial charge < -0.3 is 9.84 Å². The van der Waals surface area contributed by atoms with E-state index in [2.05, 4.69) is 6.58 Å². The minimum atomic E-state index is -1.09. The number of carbonyl (C=O) groups excluding carboxylic acids is 1. The van der Waals surface area contributed by atoms with Gasteiger partial charge in [-0.15, -0.1) is 6.58 Å². The fourth-order valence-electron chi connectivity index (χ4n) is 1.59. The first-order valence-corrected chi connectivity index (χ1v) is 5.58. The molecule has 0 aliphatic heterocycles. The van der Waals surface area contributed by atoms with Gasteiger partial charge >= 0.3 is 12.1 Å². The first kappa shape index (κ1) is 13.5. The number of carboxylic acid groups (broad SMARTS) is 1. The Hall–Kier alpha value is -1.52. The molecule has 0 radical (unpaired) electrons. The first-order chi connectivity index (χ1) is 7.73. The van der Waals surface area contributed by atoms with Gasteiger partial charge in [0.05, 0.1) is 0 Å². The van der Waals surface area contributed by atoms with Gasteiger partial charge in [-0.05, 0) is 33.6 Å². The van der Waals surface area contributed by atoms with Crippen LogP contribution in [0.4, 0.5) is 4.79 Å². The van der Waals surface area contributed by atoms with E-state index in [1.54, 1.807) is 20.8 Å². The number of nitrogens with zero attached hydrogens (tertiary/aromatic N) is 1. The summed E-state index contributed by atoms with van der Waals surface area (Å²) >= 11 is 0. The molecule has 96 valence electrons. The Bertz CT molecular complexity index is 339. The van der Waals surface area contributed by atoms with E-state index >= 15 is 0 Å². The second-order valence-electron chi connectivity index (χ2n) is 5.22. The lowest BCUT2D eigenvalue weighted by molar-refractivity contribution is -0.144. The number of hydrogen-bond acceptors (Lipinski definition) is 3. The van der Waals surface area contributed by atoms with Crippen molar-refractivity contribution in [3.63, 3.8) is 0 Å². The molecular formula is C12H19NO4. The van der Waals surface area contributed by atoms with Crippen molar-refractivity contribution in [2.24, 2.45) is 0 Å². The smallest absolute Gasteiger partial charge is 0.411 e. The molecular weight excluding hydrogens is 222 g/mol. The minimum absolute atomic E-state index is 0.182. The van der Waals surface area contributed by atoms with Gasteiger partial charge in [-0.1, -0.05) is 6.08 Å². The van der Waals surface area contributed by atoms with Crippen molar-refractivity contribution in [2.45, 2.75) is 44.8 Å². The zero-order valence-corrected chi connectivity index (χ0v) is 10.5. The lowest BCUT2D eigenvalue weighted by Gasteiger charge is -2.30. The van der Waals surface area contributed by atoms with Crippen molar-refractivity contribution < 1.29 is 19.4 Å². The van der Waals surface area contributed by atoms with Crippen LogP contribution in [0.2, 0.25) is 0 Å². The summed E-state index contributed by atoms with van der Waals surface area (Å²) in [5.74, 6) is -0.981. The highest BCUT2D eigenvalue weighted by molar-refractivity contribution is 5.87. The number of carboxylic acids is 1. The molecule has 0 heterocycles. The molecule has 1 fully saturated rings. The number of amides is 1. The molecule has 0 spiro atoms. The van der Waals surface area contributed by atoms with E-state index in [0.29, 0.717) is 12.8 Å². The van der Waals surface area contributed by atoms with Crippen molar-refractivity contribution in [2.75, 3.05) is 6.54 Å². The second-order valence-corrected chi connectivity index (χ2v) is 5.22. The first-order valence-electron chi connectivity index (χ1n) is 5.58. The van der Waals surface area contributed by atoms with Crippen molar-refractivity contribution in [1.82, 2.24) is 4.90 Å². The Morgan fingerprint density at radius 1 is 1.47 bits per heavy atom. The van der Waals surface area contributed by atoms with Gasteiger partial charge in [0.25, 0.3) is 0 Å². The number of hydrogen-bond donors (Lipinski definition) is 1. The third-order valence-electron chi connectivity index (χ3n) is 2.56. The number of carbonyl (C=O) groups is 2. The molecule has 5 heteroatoms. The summed E-state index contributed by atoms with van der Waals surface area (Å²) in [4.78, 5) is 24.4. The summed E-state index contributed by atoms with van der Waals surface area (Å²) in [5.41, 5.74) is -1.72. The molecule has 1 rings (SSSR count). The fraction of sp³-hybridized carbons (Fsp3) is 0.667. The van der Waals surface area contributed by atoms with Crippen LogP contribution in [0, 0.1) is 0 Å². The monoisotopic (exact) mass is 241 g/mol. The number of ether oxygens (including phenoxy) is 1. The molecule has 17 heavy (non-hydrogen) atoms. The highest BCUT2D eigenvalue weighted by Gasteiger charge is 2.57. The van der Waals surface area contributed by atoms with E-state index in [0.717, 1.165) is 0 Å². The van der Waals surface area contributed by atoms with E-state index in [1.165, 1.54) is 11.0 Å². The Morgan fingerprint density at radius 2 is 2.00 bits per heavy atom. The van der Waals surface area contributed by atoms with Gasteiger partial charge in [0.1, 0.15) is 11.1 Å². The van der Waals surface area contributed by atoms with Crippen molar-refractivity contribution in [3.8, 4) is 0 Å². The van der Waals surface area contributed by atoms with Gasteiger partial charge in [0.15, 0.2) is 0 Å². The van der Waals surface area contributed by atoms with E-state index in [1.807, 2.05) is 0 Å². The molecule has 1 aliphatic carbocycles. The largest absolute Gasteiger partial charge is 0.479 e.